The molecular formula is C23H21FN2O5S. The monoisotopic (exact) mass is 456 g/mol. The number of halogens is 1. The molecule has 3 aromatic rings. The lowest BCUT2D eigenvalue weighted by Crippen LogP contribution is -2.41. The molecule has 0 saturated carbocycles. The number of nitrogens with zero attached hydrogens (tertiary/aromatic N) is 1. The number of hydrogen-bond donors (Lipinski definition) is 1. The predicted molar refractivity (Wildman–Crippen MR) is 115 cm³/mol. The van der Waals surface area contributed by atoms with Crippen molar-refractivity contribution < 1.29 is 27.2 Å². The highest BCUT2D eigenvalue weighted by molar-refractivity contribution is 7.89. The van der Waals surface area contributed by atoms with Crippen LogP contribution in [0.3, 0.4) is 0 Å². The van der Waals surface area contributed by atoms with Crippen LogP contribution in [0, 0.1) is 5.82 Å². The third-order valence-electron chi connectivity index (χ3n) is 4.88. The number of carbonyl (C=O) groups is 1. The molecule has 1 heterocycles. The summed E-state index contributed by atoms with van der Waals surface area (Å²) in [6, 6.07) is 19.7. The maximum absolute atomic E-state index is 13.0. The van der Waals surface area contributed by atoms with Crippen molar-refractivity contribution in [3.63, 3.8) is 0 Å². The third-order valence-corrected chi connectivity index (χ3v) is 6.36. The van der Waals surface area contributed by atoms with E-state index in [2.05, 4.69) is 4.72 Å². The molecule has 9 heteroatoms. The molecule has 32 heavy (non-hydrogen) atoms. The van der Waals surface area contributed by atoms with Crippen LogP contribution < -0.4 is 9.46 Å². The van der Waals surface area contributed by atoms with E-state index in [-0.39, 0.29) is 17.3 Å². The topological polar surface area (TPSA) is 84.9 Å². The highest BCUT2D eigenvalue weighted by Crippen LogP contribution is 2.24. The largest absolute Gasteiger partial charge is 0.457 e. The first-order valence-corrected chi connectivity index (χ1v) is 11.4. The van der Waals surface area contributed by atoms with Crippen LogP contribution in [0.25, 0.3) is 0 Å². The molecule has 0 aromatic heterocycles. The standard InChI is InChI=1S/C23H21FN2O5S/c24-18-6-8-19(9-7-18)31-20-10-12-21(13-11-20)32(28,29)25-22-14-15-26(23(22)27)30-16-17-4-2-1-3-5-17/h1-13,22,25H,14-16H2/t22-/m1/s1. The van der Waals surface area contributed by atoms with E-state index in [0.29, 0.717) is 24.5 Å². The summed E-state index contributed by atoms with van der Waals surface area (Å²) in [7, 11) is -3.92. The molecule has 7 nitrogen and oxygen atoms in total. The Kier molecular flexibility index (Phi) is 6.50. The number of ether oxygens (including phenoxy) is 1. The van der Waals surface area contributed by atoms with Gasteiger partial charge in [0.05, 0.1) is 11.4 Å². The summed E-state index contributed by atoms with van der Waals surface area (Å²) in [6.07, 6.45) is 0.304. The van der Waals surface area contributed by atoms with Crippen molar-refractivity contribution in [2.45, 2.75) is 24.0 Å². The van der Waals surface area contributed by atoms with Crippen LogP contribution in [0.5, 0.6) is 11.5 Å². The van der Waals surface area contributed by atoms with Gasteiger partial charge in [0.2, 0.25) is 10.0 Å². The molecule has 0 spiro atoms. The minimum absolute atomic E-state index is 0.000380. The van der Waals surface area contributed by atoms with Gasteiger partial charge in [-0.3, -0.25) is 9.63 Å². The van der Waals surface area contributed by atoms with Gasteiger partial charge in [-0.05, 0) is 60.5 Å². The third kappa shape index (κ3) is 5.31. The average molecular weight is 456 g/mol. The van der Waals surface area contributed by atoms with Crippen LogP contribution >= 0.6 is 0 Å². The minimum Gasteiger partial charge on any atom is -0.457 e. The lowest BCUT2D eigenvalue weighted by atomic mass is 10.2. The number of amides is 1. The molecule has 1 fully saturated rings. The van der Waals surface area contributed by atoms with Crippen molar-refractivity contribution in [3.8, 4) is 11.5 Å². The fraction of sp³-hybridized carbons (Fsp3) is 0.174. The number of sulfonamides is 1. The number of hydrogen-bond acceptors (Lipinski definition) is 5. The number of benzene rings is 3. The van der Waals surface area contributed by atoms with Crippen LogP contribution in [-0.4, -0.2) is 32.0 Å². The Morgan fingerprint density at radius 2 is 1.56 bits per heavy atom. The van der Waals surface area contributed by atoms with E-state index in [1.807, 2.05) is 30.3 Å². The van der Waals surface area contributed by atoms with Crippen LogP contribution in [0.4, 0.5) is 4.39 Å². The van der Waals surface area contributed by atoms with Crippen LogP contribution in [-0.2, 0) is 26.3 Å². The van der Waals surface area contributed by atoms with Gasteiger partial charge in [0, 0.05) is 0 Å². The zero-order valence-corrected chi connectivity index (χ0v) is 17.8. The summed E-state index contributed by atoms with van der Waals surface area (Å²) in [4.78, 5) is 18.1. The van der Waals surface area contributed by atoms with E-state index in [1.165, 1.54) is 53.6 Å². The van der Waals surface area contributed by atoms with Gasteiger partial charge in [0.15, 0.2) is 0 Å². The van der Waals surface area contributed by atoms with Crippen molar-refractivity contribution in [3.05, 3.63) is 90.2 Å². The Labute approximate surface area is 185 Å². The second-order valence-corrected chi connectivity index (χ2v) is 8.90. The van der Waals surface area contributed by atoms with Crippen molar-refractivity contribution in [1.29, 1.82) is 0 Å². The molecule has 0 aliphatic carbocycles. The van der Waals surface area contributed by atoms with Gasteiger partial charge in [0.1, 0.15) is 30.0 Å². The molecule has 0 bridgehead atoms. The molecule has 3 aromatic carbocycles. The van der Waals surface area contributed by atoms with Gasteiger partial charge in [-0.2, -0.15) is 4.72 Å². The fourth-order valence-electron chi connectivity index (χ4n) is 3.20. The van der Waals surface area contributed by atoms with Gasteiger partial charge in [0.25, 0.3) is 5.91 Å². The van der Waals surface area contributed by atoms with Gasteiger partial charge in [-0.1, -0.05) is 30.3 Å². The number of carbonyl (C=O) groups excluding carboxylic acids is 1. The zero-order valence-electron chi connectivity index (χ0n) is 17.0. The smallest absolute Gasteiger partial charge is 0.264 e. The highest BCUT2D eigenvalue weighted by Gasteiger charge is 2.35. The Bertz CT molecular complexity index is 1170. The number of rotatable bonds is 8. The molecule has 1 aliphatic heterocycles. The molecule has 1 atom stereocenters. The van der Waals surface area contributed by atoms with E-state index >= 15 is 0 Å². The summed E-state index contributed by atoms with van der Waals surface area (Å²) in [5, 5.41) is 1.19. The Morgan fingerprint density at radius 1 is 0.938 bits per heavy atom. The van der Waals surface area contributed by atoms with E-state index in [0.717, 1.165) is 5.56 Å². The molecule has 1 amide bonds. The van der Waals surface area contributed by atoms with Crippen molar-refractivity contribution in [2.24, 2.45) is 0 Å². The maximum Gasteiger partial charge on any atom is 0.264 e. The Hall–Kier alpha value is -3.27. The molecule has 1 N–H and O–H groups in total. The van der Waals surface area contributed by atoms with Crippen molar-refractivity contribution in [1.82, 2.24) is 9.79 Å². The first-order valence-electron chi connectivity index (χ1n) is 9.95. The zero-order chi connectivity index (χ0) is 22.6. The maximum atomic E-state index is 13.0. The van der Waals surface area contributed by atoms with Crippen LogP contribution in [0.1, 0.15) is 12.0 Å². The summed E-state index contributed by atoms with van der Waals surface area (Å²) >= 11 is 0. The molecular weight excluding hydrogens is 435 g/mol. The van der Waals surface area contributed by atoms with Gasteiger partial charge < -0.3 is 4.74 Å². The molecule has 0 unspecified atom stereocenters. The van der Waals surface area contributed by atoms with E-state index in [1.54, 1.807) is 0 Å². The molecule has 1 aliphatic rings. The van der Waals surface area contributed by atoms with Crippen molar-refractivity contribution >= 4 is 15.9 Å². The van der Waals surface area contributed by atoms with Crippen LogP contribution in [0.15, 0.2) is 83.8 Å². The Morgan fingerprint density at radius 3 is 2.22 bits per heavy atom. The quantitative estimate of drug-likeness (QED) is 0.560. The molecule has 0 radical (unpaired) electrons. The average Bonchev–Trinajstić information content (AvgIpc) is 3.13. The second-order valence-electron chi connectivity index (χ2n) is 7.19. The first-order chi connectivity index (χ1) is 15.4. The summed E-state index contributed by atoms with van der Waals surface area (Å²) in [5.74, 6) is 0.0105. The highest BCUT2D eigenvalue weighted by atomic mass is 32.2. The SMILES string of the molecule is O=C1[C@H](NS(=O)(=O)c2ccc(Oc3ccc(F)cc3)cc2)CCN1OCc1ccccc1. The van der Waals surface area contributed by atoms with Gasteiger partial charge in [-0.15, -0.1) is 0 Å². The predicted octanol–water partition coefficient (Wildman–Crippen LogP) is 3.63. The molecule has 1 saturated heterocycles. The lowest BCUT2D eigenvalue weighted by Gasteiger charge is -2.17. The minimum atomic E-state index is -3.92. The number of hydroxylamine groups is 2. The molecule has 4 rings (SSSR count). The van der Waals surface area contributed by atoms with Crippen molar-refractivity contribution in [2.75, 3.05) is 6.54 Å². The molecule has 166 valence electrons. The van der Waals surface area contributed by atoms with E-state index in [4.69, 9.17) is 9.57 Å². The van der Waals surface area contributed by atoms with Gasteiger partial charge in [-0.25, -0.2) is 17.9 Å². The van der Waals surface area contributed by atoms with Gasteiger partial charge >= 0.3 is 0 Å². The van der Waals surface area contributed by atoms with E-state index < -0.39 is 22.0 Å². The summed E-state index contributed by atoms with van der Waals surface area (Å²) in [6.45, 7) is 0.519. The lowest BCUT2D eigenvalue weighted by molar-refractivity contribution is -0.183. The normalized spacial score (nSPS) is 16.3. The fourth-order valence-corrected chi connectivity index (χ4v) is 4.42. The summed E-state index contributed by atoms with van der Waals surface area (Å²) < 4.78 is 46.4. The second kappa shape index (κ2) is 9.47. The first kappa shape index (κ1) is 21.9. The Balaban J connectivity index is 1.35. The van der Waals surface area contributed by atoms with Crippen LogP contribution in [0.2, 0.25) is 0 Å². The number of nitrogens with one attached hydrogen (secondary N) is 1. The summed E-state index contributed by atoms with van der Waals surface area (Å²) in [5.41, 5.74) is 0.910. The van der Waals surface area contributed by atoms with E-state index in [9.17, 15) is 17.6 Å².